The Balaban J connectivity index is 1.15. The molecule has 0 amide bonds. The van der Waals surface area contributed by atoms with Crippen molar-refractivity contribution in [3.8, 4) is 39.6 Å². The van der Waals surface area contributed by atoms with Gasteiger partial charge in [-0.05, 0) is 64.4 Å². The number of benzene rings is 4. The molecule has 4 heteroatoms. The van der Waals surface area contributed by atoms with Gasteiger partial charge >= 0.3 is 0 Å². The molecule has 4 aromatic heterocycles. The first kappa shape index (κ1) is 23.3. The van der Waals surface area contributed by atoms with Gasteiger partial charge in [0.05, 0.1) is 34.3 Å². The number of aromatic nitrogens is 4. The summed E-state index contributed by atoms with van der Waals surface area (Å²) < 4.78 is 2.18. The molecule has 0 aliphatic rings. The quantitative estimate of drug-likeness (QED) is 0.231. The molecule has 0 fully saturated rings. The van der Waals surface area contributed by atoms with E-state index in [0.29, 0.717) is 0 Å². The lowest BCUT2D eigenvalue weighted by Gasteiger charge is -2.10. The summed E-state index contributed by atoms with van der Waals surface area (Å²) in [5, 5.41) is 4.84. The van der Waals surface area contributed by atoms with Gasteiger partial charge < -0.3 is 0 Å². The monoisotopic (exact) mass is 524 g/mol. The first-order chi connectivity index (χ1) is 20.3. The number of nitrogens with zero attached hydrogens (tertiary/aromatic N) is 4. The maximum Gasteiger partial charge on any atom is 0.138 e. The maximum absolute atomic E-state index is 5.07. The molecule has 4 aromatic carbocycles. The minimum Gasteiger partial charge on any atom is -0.292 e. The van der Waals surface area contributed by atoms with Crippen molar-refractivity contribution in [1.29, 1.82) is 0 Å². The zero-order chi connectivity index (χ0) is 27.2. The Bertz CT molecular complexity index is 2160. The SMILES string of the molecule is c1cc(-c2ccc(-c3ccc4ccccc4c3)cc2)nc(-c2cccc(-n3c4ccccc4c4ccncc43)n2)c1. The molecule has 0 bridgehead atoms. The Morgan fingerprint density at radius 3 is 2.02 bits per heavy atom. The molecule has 0 radical (unpaired) electrons. The Morgan fingerprint density at radius 2 is 1.12 bits per heavy atom. The van der Waals surface area contributed by atoms with Crippen molar-refractivity contribution < 1.29 is 0 Å². The smallest absolute Gasteiger partial charge is 0.138 e. The molecule has 0 saturated carbocycles. The fraction of sp³-hybridized carbons (Fsp3) is 0. The number of hydrogen-bond donors (Lipinski definition) is 0. The van der Waals surface area contributed by atoms with Crippen molar-refractivity contribution in [3.05, 3.63) is 146 Å². The van der Waals surface area contributed by atoms with Crippen LogP contribution in [0.2, 0.25) is 0 Å². The lowest BCUT2D eigenvalue weighted by molar-refractivity contribution is 1.07. The molecule has 0 aliphatic heterocycles. The molecule has 8 rings (SSSR count). The summed E-state index contributed by atoms with van der Waals surface area (Å²) in [4.78, 5) is 14.5. The van der Waals surface area contributed by atoms with E-state index in [2.05, 4.69) is 113 Å². The van der Waals surface area contributed by atoms with Gasteiger partial charge in [-0.2, -0.15) is 0 Å². The predicted molar refractivity (Wildman–Crippen MR) is 168 cm³/mol. The van der Waals surface area contributed by atoms with Gasteiger partial charge in [0.25, 0.3) is 0 Å². The van der Waals surface area contributed by atoms with Crippen molar-refractivity contribution in [2.24, 2.45) is 0 Å². The van der Waals surface area contributed by atoms with E-state index in [-0.39, 0.29) is 0 Å². The van der Waals surface area contributed by atoms with E-state index in [1.54, 1.807) is 0 Å². The lowest BCUT2D eigenvalue weighted by atomic mass is 9.99. The average Bonchev–Trinajstić information content (AvgIpc) is 3.39. The minimum atomic E-state index is 0.826. The van der Waals surface area contributed by atoms with E-state index in [9.17, 15) is 0 Å². The van der Waals surface area contributed by atoms with Crippen LogP contribution in [0.3, 0.4) is 0 Å². The van der Waals surface area contributed by atoms with Gasteiger partial charge in [-0.25, -0.2) is 9.97 Å². The summed E-state index contributed by atoms with van der Waals surface area (Å²) in [6, 6.07) is 46.4. The maximum atomic E-state index is 5.07. The molecule has 192 valence electrons. The van der Waals surface area contributed by atoms with Crippen LogP contribution in [0.5, 0.6) is 0 Å². The molecule has 0 unspecified atom stereocenters. The number of para-hydroxylation sites is 1. The third-order valence-corrected chi connectivity index (χ3v) is 7.71. The van der Waals surface area contributed by atoms with Crippen molar-refractivity contribution >= 4 is 32.6 Å². The summed E-state index contributed by atoms with van der Waals surface area (Å²) >= 11 is 0. The van der Waals surface area contributed by atoms with E-state index in [0.717, 1.165) is 44.9 Å². The molecule has 0 atom stereocenters. The zero-order valence-electron chi connectivity index (χ0n) is 22.1. The van der Waals surface area contributed by atoms with Crippen LogP contribution in [0.15, 0.2) is 146 Å². The summed E-state index contributed by atoms with van der Waals surface area (Å²) in [6.45, 7) is 0. The molecular formula is C37H24N4. The van der Waals surface area contributed by atoms with Crippen LogP contribution in [-0.2, 0) is 0 Å². The fourth-order valence-electron chi connectivity index (χ4n) is 5.70. The van der Waals surface area contributed by atoms with Crippen molar-refractivity contribution in [2.75, 3.05) is 0 Å². The summed E-state index contributed by atoms with van der Waals surface area (Å²) in [6.07, 6.45) is 3.75. The Labute approximate surface area is 237 Å². The second kappa shape index (κ2) is 9.54. The molecular weight excluding hydrogens is 500 g/mol. The highest BCUT2D eigenvalue weighted by atomic mass is 15.1. The number of hydrogen-bond acceptors (Lipinski definition) is 3. The van der Waals surface area contributed by atoms with Gasteiger partial charge in [-0.15, -0.1) is 0 Å². The Morgan fingerprint density at radius 1 is 0.439 bits per heavy atom. The van der Waals surface area contributed by atoms with E-state index < -0.39 is 0 Å². The molecule has 0 aliphatic carbocycles. The van der Waals surface area contributed by atoms with Crippen LogP contribution in [0, 0.1) is 0 Å². The van der Waals surface area contributed by atoms with E-state index in [4.69, 9.17) is 9.97 Å². The Kier molecular flexibility index (Phi) is 5.42. The van der Waals surface area contributed by atoms with Gasteiger partial charge in [0.2, 0.25) is 0 Å². The first-order valence-electron chi connectivity index (χ1n) is 13.7. The van der Waals surface area contributed by atoms with E-state index in [1.807, 2.05) is 42.7 Å². The van der Waals surface area contributed by atoms with Gasteiger partial charge in [-0.1, -0.05) is 91.0 Å². The van der Waals surface area contributed by atoms with Gasteiger partial charge in [0, 0.05) is 22.5 Å². The number of fused-ring (bicyclic) bond motifs is 4. The molecule has 8 aromatic rings. The number of rotatable bonds is 4. The Hall–Kier alpha value is -5.61. The fourth-order valence-corrected chi connectivity index (χ4v) is 5.70. The highest BCUT2D eigenvalue weighted by Gasteiger charge is 2.14. The molecule has 4 nitrogen and oxygen atoms in total. The molecule has 4 heterocycles. The second-order valence-electron chi connectivity index (χ2n) is 10.2. The van der Waals surface area contributed by atoms with Gasteiger partial charge in [0.15, 0.2) is 0 Å². The first-order valence-corrected chi connectivity index (χ1v) is 13.7. The van der Waals surface area contributed by atoms with Crippen LogP contribution >= 0.6 is 0 Å². The van der Waals surface area contributed by atoms with Crippen LogP contribution in [0.4, 0.5) is 0 Å². The molecule has 0 spiro atoms. The standard InChI is InChI=1S/C37H24N4/c1-2-8-28-23-29(20-17-25(28)7-1)26-15-18-27(19-16-26)32-10-5-11-33(39-32)34-12-6-14-37(40-34)41-35-13-4-3-9-30(35)31-21-22-38-24-36(31)41/h1-24H. The average molecular weight is 525 g/mol. The van der Waals surface area contributed by atoms with Crippen LogP contribution < -0.4 is 0 Å². The van der Waals surface area contributed by atoms with E-state index >= 15 is 0 Å². The number of pyridine rings is 3. The summed E-state index contributed by atoms with van der Waals surface area (Å²) in [5.41, 5.74) is 8.18. The highest BCUT2D eigenvalue weighted by molar-refractivity contribution is 6.08. The van der Waals surface area contributed by atoms with Crippen LogP contribution in [0.1, 0.15) is 0 Å². The zero-order valence-corrected chi connectivity index (χ0v) is 22.1. The highest BCUT2D eigenvalue weighted by Crippen LogP contribution is 2.32. The second-order valence-corrected chi connectivity index (χ2v) is 10.2. The molecule has 0 saturated heterocycles. The van der Waals surface area contributed by atoms with E-state index in [1.165, 1.54) is 27.3 Å². The minimum absolute atomic E-state index is 0.826. The lowest BCUT2D eigenvalue weighted by Crippen LogP contribution is -1.99. The van der Waals surface area contributed by atoms with Crippen LogP contribution in [-0.4, -0.2) is 19.5 Å². The normalized spacial score (nSPS) is 11.4. The van der Waals surface area contributed by atoms with Crippen LogP contribution in [0.25, 0.3) is 72.2 Å². The molecule has 0 N–H and O–H groups in total. The predicted octanol–water partition coefficient (Wildman–Crippen LogP) is 9.12. The largest absolute Gasteiger partial charge is 0.292 e. The summed E-state index contributed by atoms with van der Waals surface area (Å²) in [7, 11) is 0. The topological polar surface area (TPSA) is 43.6 Å². The third-order valence-electron chi connectivity index (χ3n) is 7.71. The molecule has 41 heavy (non-hydrogen) atoms. The van der Waals surface area contributed by atoms with Crippen molar-refractivity contribution in [1.82, 2.24) is 19.5 Å². The summed E-state index contributed by atoms with van der Waals surface area (Å²) in [5.74, 6) is 0.841. The van der Waals surface area contributed by atoms with Crippen molar-refractivity contribution in [3.63, 3.8) is 0 Å². The van der Waals surface area contributed by atoms with Crippen molar-refractivity contribution in [2.45, 2.75) is 0 Å². The van der Waals surface area contributed by atoms with Gasteiger partial charge in [-0.3, -0.25) is 9.55 Å². The van der Waals surface area contributed by atoms with Gasteiger partial charge in [0.1, 0.15) is 5.82 Å². The third kappa shape index (κ3) is 4.05.